The summed E-state index contributed by atoms with van der Waals surface area (Å²) in [6, 6.07) is 0.722. The Morgan fingerprint density at radius 2 is 1.72 bits per heavy atom. The molecule has 0 radical (unpaired) electrons. The fourth-order valence-electron chi connectivity index (χ4n) is 3.06. The van der Waals surface area contributed by atoms with Crippen molar-refractivity contribution in [1.82, 2.24) is 9.80 Å². The average Bonchev–Trinajstić information content (AvgIpc) is 2.40. The topological polar surface area (TPSA) is 43.8 Å². The van der Waals surface area contributed by atoms with Gasteiger partial charge in [-0.25, -0.2) is 4.79 Å². The van der Waals surface area contributed by atoms with Gasteiger partial charge < -0.3 is 10.0 Å². The van der Waals surface area contributed by atoms with Crippen LogP contribution in [0.1, 0.15) is 32.1 Å². The minimum atomic E-state index is -0.867. The average molecular weight is 252 g/mol. The Morgan fingerprint density at radius 1 is 1.11 bits per heavy atom. The number of carboxylic acids is 1. The first-order valence-corrected chi connectivity index (χ1v) is 7.04. The monoisotopic (exact) mass is 252 g/mol. The highest BCUT2D eigenvalue weighted by atomic mass is 16.4. The summed E-state index contributed by atoms with van der Waals surface area (Å²) < 4.78 is 0. The van der Waals surface area contributed by atoms with E-state index in [-0.39, 0.29) is 0 Å². The Labute approximate surface area is 109 Å². The minimum Gasteiger partial charge on any atom is -0.478 e. The lowest BCUT2D eigenvalue weighted by Crippen LogP contribution is -2.47. The number of carbonyl (C=O) groups is 1. The molecule has 0 aromatic rings. The lowest BCUT2D eigenvalue weighted by Gasteiger charge is -2.40. The molecular formula is C14H24N2O2. The van der Waals surface area contributed by atoms with Gasteiger partial charge in [0.25, 0.3) is 0 Å². The van der Waals surface area contributed by atoms with Crippen molar-refractivity contribution >= 4 is 5.97 Å². The number of hydrogen-bond acceptors (Lipinski definition) is 3. The summed E-state index contributed by atoms with van der Waals surface area (Å²) in [5, 5.41) is 8.83. The van der Waals surface area contributed by atoms with Gasteiger partial charge in [0, 0.05) is 18.2 Å². The molecular weight excluding hydrogens is 228 g/mol. The highest BCUT2D eigenvalue weighted by Crippen LogP contribution is 2.21. The molecule has 0 aliphatic carbocycles. The molecule has 0 spiro atoms. The molecule has 0 bridgehead atoms. The summed E-state index contributed by atoms with van der Waals surface area (Å²) in [7, 11) is 0. The van der Waals surface area contributed by atoms with Crippen LogP contribution in [0, 0.1) is 0 Å². The fraction of sp³-hybridized carbons (Fsp3) is 0.786. The zero-order valence-corrected chi connectivity index (χ0v) is 11.1. The molecule has 2 aliphatic heterocycles. The Balaban J connectivity index is 1.73. The molecule has 4 heteroatoms. The number of nitrogens with zero attached hydrogens (tertiary/aromatic N) is 2. The molecule has 2 aliphatic rings. The van der Waals surface area contributed by atoms with Crippen LogP contribution >= 0.6 is 0 Å². The van der Waals surface area contributed by atoms with Crippen molar-refractivity contribution in [2.45, 2.75) is 38.1 Å². The number of carboxylic acid groups (broad SMARTS) is 1. The summed E-state index contributed by atoms with van der Waals surface area (Å²) in [5.74, 6) is -0.867. The van der Waals surface area contributed by atoms with Gasteiger partial charge in [-0.1, -0.05) is 13.0 Å². The molecule has 2 heterocycles. The van der Waals surface area contributed by atoms with E-state index < -0.39 is 5.97 Å². The third-order valence-corrected chi connectivity index (χ3v) is 4.18. The van der Waals surface area contributed by atoms with Crippen molar-refractivity contribution in [2.75, 3.05) is 32.7 Å². The van der Waals surface area contributed by atoms with Gasteiger partial charge in [0.05, 0.1) is 0 Å². The van der Waals surface area contributed by atoms with Gasteiger partial charge in [-0.15, -0.1) is 0 Å². The predicted octanol–water partition coefficient (Wildman–Crippen LogP) is 1.58. The van der Waals surface area contributed by atoms with Gasteiger partial charge in [-0.05, 0) is 51.9 Å². The molecule has 0 unspecified atom stereocenters. The van der Waals surface area contributed by atoms with Crippen LogP contribution in [0.3, 0.4) is 0 Å². The molecule has 2 rings (SSSR count). The molecule has 2 saturated heterocycles. The van der Waals surface area contributed by atoms with Crippen molar-refractivity contribution < 1.29 is 9.90 Å². The maximum Gasteiger partial charge on any atom is 0.332 e. The van der Waals surface area contributed by atoms with Crippen LogP contribution in [-0.2, 0) is 4.79 Å². The number of hydrogen-bond donors (Lipinski definition) is 1. The lowest BCUT2D eigenvalue weighted by atomic mass is 9.99. The van der Waals surface area contributed by atoms with E-state index in [9.17, 15) is 4.79 Å². The first-order chi connectivity index (χ1) is 8.66. The van der Waals surface area contributed by atoms with Crippen molar-refractivity contribution in [1.29, 1.82) is 0 Å². The van der Waals surface area contributed by atoms with Gasteiger partial charge in [-0.2, -0.15) is 0 Å². The Morgan fingerprint density at radius 3 is 2.28 bits per heavy atom. The van der Waals surface area contributed by atoms with Crippen LogP contribution in [0.5, 0.6) is 0 Å². The number of piperidine rings is 2. The van der Waals surface area contributed by atoms with E-state index >= 15 is 0 Å². The molecule has 0 atom stereocenters. The summed E-state index contributed by atoms with van der Waals surface area (Å²) in [5.41, 5.74) is 0.312. The van der Waals surface area contributed by atoms with Gasteiger partial charge in [0.2, 0.25) is 0 Å². The molecule has 0 aromatic carbocycles. The van der Waals surface area contributed by atoms with Crippen molar-refractivity contribution in [3.63, 3.8) is 0 Å². The number of aliphatic carboxylic acids is 1. The Hall–Kier alpha value is -0.870. The highest BCUT2D eigenvalue weighted by Gasteiger charge is 2.25. The predicted molar refractivity (Wildman–Crippen MR) is 71.7 cm³/mol. The second-order valence-electron chi connectivity index (χ2n) is 5.51. The normalized spacial score (nSPS) is 24.0. The minimum absolute atomic E-state index is 0.312. The van der Waals surface area contributed by atoms with Gasteiger partial charge in [0.1, 0.15) is 0 Å². The van der Waals surface area contributed by atoms with Crippen LogP contribution in [-0.4, -0.2) is 59.6 Å². The van der Waals surface area contributed by atoms with E-state index in [0.29, 0.717) is 12.1 Å². The van der Waals surface area contributed by atoms with Gasteiger partial charge in [-0.3, -0.25) is 4.90 Å². The molecule has 18 heavy (non-hydrogen) atoms. The standard InChI is InChI=1S/C14H24N2O2/c1-12(14(17)18)11-15-9-5-13(6-10-15)16-7-3-2-4-8-16/h13H,1-11H2,(H,17,18). The Bertz CT molecular complexity index is 303. The molecule has 0 saturated carbocycles. The molecule has 1 N–H and O–H groups in total. The third kappa shape index (κ3) is 3.56. The smallest absolute Gasteiger partial charge is 0.332 e. The zero-order valence-electron chi connectivity index (χ0n) is 11.1. The maximum absolute atomic E-state index is 10.8. The molecule has 102 valence electrons. The van der Waals surface area contributed by atoms with E-state index in [4.69, 9.17) is 5.11 Å². The first kappa shape index (κ1) is 13.6. The molecule has 2 fully saturated rings. The van der Waals surface area contributed by atoms with Gasteiger partial charge >= 0.3 is 5.97 Å². The second-order valence-corrected chi connectivity index (χ2v) is 5.51. The molecule has 4 nitrogen and oxygen atoms in total. The summed E-state index contributed by atoms with van der Waals surface area (Å²) in [6.07, 6.45) is 6.42. The van der Waals surface area contributed by atoms with Crippen LogP contribution in [0.15, 0.2) is 12.2 Å². The van der Waals surface area contributed by atoms with E-state index in [0.717, 1.165) is 19.1 Å². The summed E-state index contributed by atoms with van der Waals surface area (Å²) in [6.45, 7) is 8.65. The maximum atomic E-state index is 10.8. The van der Waals surface area contributed by atoms with Crippen molar-refractivity contribution in [3.8, 4) is 0 Å². The first-order valence-electron chi connectivity index (χ1n) is 7.04. The summed E-state index contributed by atoms with van der Waals surface area (Å²) in [4.78, 5) is 15.6. The summed E-state index contributed by atoms with van der Waals surface area (Å²) >= 11 is 0. The fourth-order valence-corrected chi connectivity index (χ4v) is 3.06. The van der Waals surface area contributed by atoms with E-state index in [1.807, 2.05) is 0 Å². The third-order valence-electron chi connectivity index (χ3n) is 4.18. The second kappa shape index (κ2) is 6.34. The lowest BCUT2D eigenvalue weighted by molar-refractivity contribution is -0.132. The molecule has 0 amide bonds. The SMILES string of the molecule is C=C(CN1CCC(N2CCCCC2)CC1)C(=O)O. The van der Waals surface area contributed by atoms with Crippen molar-refractivity contribution in [3.05, 3.63) is 12.2 Å². The van der Waals surface area contributed by atoms with Crippen LogP contribution < -0.4 is 0 Å². The van der Waals surface area contributed by atoms with E-state index in [1.165, 1.54) is 45.2 Å². The van der Waals surface area contributed by atoms with Crippen LogP contribution in [0.2, 0.25) is 0 Å². The number of rotatable bonds is 4. The number of likely N-dealkylation sites (tertiary alicyclic amines) is 2. The van der Waals surface area contributed by atoms with Gasteiger partial charge in [0.15, 0.2) is 0 Å². The van der Waals surface area contributed by atoms with Crippen molar-refractivity contribution in [2.24, 2.45) is 0 Å². The van der Waals surface area contributed by atoms with Crippen LogP contribution in [0.25, 0.3) is 0 Å². The van der Waals surface area contributed by atoms with Crippen LogP contribution in [0.4, 0.5) is 0 Å². The Kier molecular flexibility index (Phi) is 4.78. The molecule has 0 aromatic heterocycles. The van der Waals surface area contributed by atoms with E-state index in [1.54, 1.807) is 0 Å². The van der Waals surface area contributed by atoms with E-state index in [2.05, 4.69) is 16.4 Å². The largest absolute Gasteiger partial charge is 0.478 e. The zero-order chi connectivity index (χ0) is 13.0. The quantitative estimate of drug-likeness (QED) is 0.772. The highest BCUT2D eigenvalue weighted by molar-refractivity contribution is 5.86.